The number of rotatable bonds is 7. The van der Waals surface area contributed by atoms with Crippen LogP contribution in [-0.2, 0) is 9.36 Å². The third kappa shape index (κ3) is 4.77. The molecule has 1 unspecified atom stereocenters. The van der Waals surface area contributed by atoms with Gasteiger partial charge in [0.2, 0.25) is 34.8 Å². The van der Waals surface area contributed by atoms with Crippen LogP contribution >= 0.6 is 19.3 Å². The van der Waals surface area contributed by atoms with Crippen molar-refractivity contribution in [3.8, 4) is 11.5 Å². The summed E-state index contributed by atoms with van der Waals surface area (Å²) in [4.78, 5) is 10.8. The SMILES string of the molecule is C[C@@H](C=O)NP(=O)(Oc1ccc(Cl)cc1)Oc1c(F)c(F)c(F)c(F)c1F. The van der Waals surface area contributed by atoms with E-state index >= 15 is 0 Å². The molecule has 2 aromatic rings. The molecule has 2 rings (SSSR count). The van der Waals surface area contributed by atoms with Crippen LogP contribution in [0.4, 0.5) is 22.0 Å². The molecule has 0 amide bonds. The lowest BCUT2D eigenvalue weighted by Gasteiger charge is -2.22. The smallest absolute Gasteiger partial charge is 0.405 e. The highest BCUT2D eigenvalue weighted by Crippen LogP contribution is 2.47. The third-order valence-electron chi connectivity index (χ3n) is 2.99. The molecule has 0 saturated heterocycles. The summed E-state index contributed by atoms with van der Waals surface area (Å²) in [5, 5.41) is 2.27. The van der Waals surface area contributed by atoms with Crippen molar-refractivity contribution in [3.63, 3.8) is 0 Å². The van der Waals surface area contributed by atoms with E-state index in [0.29, 0.717) is 0 Å². The Bertz CT molecular complexity index is 883. The van der Waals surface area contributed by atoms with Crippen LogP contribution in [-0.4, -0.2) is 12.3 Å². The average Bonchev–Trinajstić information content (AvgIpc) is 2.64. The molecule has 0 fully saturated rings. The maximum Gasteiger partial charge on any atom is 0.513 e. The molecule has 0 aliphatic heterocycles. The molecule has 146 valence electrons. The molecule has 2 atom stereocenters. The van der Waals surface area contributed by atoms with E-state index in [1.807, 2.05) is 5.09 Å². The molecule has 2 aromatic carbocycles. The van der Waals surface area contributed by atoms with Crippen LogP contribution in [0.25, 0.3) is 0 Å². The largest absolute Gasteiger partial charge is 0.513 e. The Morgan fingerprint density at radius 3 is 1.93 bits per heavy atom. The van der Waals surface area contributed by atoms with E-state index in [2.05, 4.69) is 4.52 Å². The van der Waals surface area contributed by atoms with Gasteiger partial charge in [-0.2, -0.15) is 13.9 Å². The number of carbonyl (C=O) groups is 1. The predicted octanol–water partition coefficient (Wildman–Crippen LogP) is 4.78. The number of benzene rings is 2. The van der Waals surface area contributed by atoms with Gasteiger partial charge in [-0.15, -0.1) is 0 Å². The molecule has 0 spiro atoms. The quantitative estimate of drug-likeness (QED) is 0.226. The van der Waals surface area contributed by atoms with E-state index in [-0.39, 0.29) is 17.1 Å². The van der Waals surface area contributed by atoms with Crippen LogP contribution in [0.15, 0.2) is 24.3 Å². The summed E-state index contributed by atoms with van der Waals surface area (Å²) >= 11 is 5.67. The second-order valence-corrected chi connectivity index (χ2v) is 7.14. The van der Waals surface area contributed by atoms with Crippen molar-refractivity contribution < 1.29 is 40.4 Å². The average molecular weight is 430 g/mol. The van der Waals surface area contributed by atoms with Gasteiger partial charge in [0.1, 0.15) is 12.0 Å². The van der Waals surface area contributed by atoms with Gasteiger partial charge in [0.05, 0.1) is 6.04 Å². The zero-order valence-electron chi connectivity index (χ0n) is 13.3. The topological polar surface area (TPSA) is 64.6 Å². The predicted molar refractivity (Wildman–Crippen MR) is 85.2 cm³/mol. The molecule has 0 radical (unpaired) electrons. The van der Waals surface area contributed by atoms with Gasteiger partial charge in [-0.1, -0.05) is 11.6 Å². The van der Waals surface area contributed by atoms with Gasteiger partial charge in [-0.25, -0.2) is 17.7 Å². The van der Waals surface area contributed by atoms with Crippen molar-refractivity contribution in [2.24, 2.45) is 0 Å². The highest BCUT2D eigenvalue weighted by atomic mass is 35.5. The first kappa shape index (κ1) is 21.1. The van der Waals surface area contributed by atoms with Crippen molar-refractivity contribution in [3.05, 3.63) is 58.4 Å². The molecular formula is C15H10ClF5NO4P. The van der Waals surface area contributed by atoms with Crippen LogP contribution in [0.3, 0.4) is 0 Å². The number of hydrogen-bond donors (Lipinski definition) is 1. The Morgan fingerprint density at radius 1 is 0.963 bits per heavy atom. The van der Waals surface area contributed by atoms with Crippen molar-refractivity contribution in [1.82, 2.24) is 5.09 Å². The lowest BCUT2D eigenvalue weighted by molar-refractivity contribution is -0.108. The monoisotopic (exact) mass is 429 g/mol. The van der Waals surface area contributed by atoms with Crippen molar-refractivity contribution in [2.75, 3.05) is 0 Å². The highest BCUT2D eigenvalue weighted by molar-refractivity contribution is 7.52. The molecule has 27 heavy (non-hydrogen) atoms. The summed E-state index contributed by atoms with van der Waals surface area (Å²) in [7, 11) is -4.82. The summed E-state index contributed by atoms with van der Waals surface area (Å²) in [5.41, 5.74) is 0. The maximum atomic E-state index is 13.8. The lowest BCUT2D eigenvalue weighted by atomic mass is 10.3. The molecule has 0 aromatic heterocycles. The van der Waals surface area contributed by atoms with Crippen molar-refractivity contribution >= 4 is 25.6 Å². The van der Waals surface area contributed by atoms with Gasteiger partial charge in [-0.05, 0) is 31.2 Å². The Hall–Kier alpha value is -2.16. The summed E-state index contributed by atoms with van der Waals surface area (Å²) in [6.45, 7) is 1.19. The number of halogens is 6. The molecular weight excluding hydrogens is 420 g/mol. The van der Waals surface area contributed by atoms with E-state index in [1.54, 1.807) is 0 Å². The molecule has 5 nitrogen and oxygen atoms in total. The highest BCUT2D eigenvalue weighted by Gasteiger charge is 2.36. The number of nitrogens with one attached hydrogen (secondary N) is 1. The van der Waals surface area contributed by atoms with E-state index in [0.717, 1.165) is 0 Å². The van der Waals surface area contributed by atoms with Crippen molar-refractivity contribution in [2.45, 2.75) is 13.0 Å². The Labute approximate surface area is 154 Å². The Balaban J connectivity index is 2.48. The normalized spacial score (nSPS) is 14.3. The maximum absolute atomic E-state index is 13.8. The van der Waals surface area contributed by atoms with E-state index in [4.69, 9.17) is 16.1 Å². The first-order valence-corrected chi connectivity index (χ1v) is 8.99. The molecule has 0 saturated carbocycles. The van der Waals surface area contributed by atoms with E-state index in [9.17, 15) is 31.3 Å². The van der Waals surface area contributed by atoms with Crippen LogP contribution in [0.1, 0.15) is 6.92 Å². The standard InChI is InChI=1S/C15H10ClF5NO4P/c1-7(6-23)22-27(24,25-9-4-2-8(16)3-5-9)26-15-13(20)11(18)10(17)12(19)14(15)21/h2-7H,1H3,(H,22,24)/t7-,27?/m0/s1. The number of carbonyl (C=O) groups excluding carboxylic acids is 1. The van der Waals surface area contributed by atoms with Crippen molar-refractivity contribution in [1.29, 1.82) is 0 Å². The molecule has 12 heteroatoms. The first-order chi connectivity index (χ1) is 12.6. The van der Waals surface area contributed by atoms with Crippen LogP contribution < -0.4 is 14.1 Å². The van der Waals surface area contributed by atoms with Gasteiger partial charge < -0.3 is 13.8 Å². The summed E-state index contributed by atoms with van der Waals surface area (Å²) < 4.78 is 89.7. The fourth-order valence-electron chi connectivity index (χ4n) is 1.77. The summed E-state index contributed by atoms with van der Waals surface area (Å²) in [6.07, 6.45) is 0.250. The zero-order chi connectivity index (χ0) is 20.4. The summed E-state index contributed by atoms with van der Waals surface area (Å²) in [6, 6.07) is 3.80. The minimum absolute atomic E-state index is 0.183. The molecule has 0 bridgehead atoms. The van der Waals surface area contributed by atoms with Gasteiger partial charge in [0, 0.05) is 5.02 Å². The van der Waals surface area contributed by atoms with Crippen LogP contribution in [0.5, 0.6) is 11.5 Å². The number of hydrogen-bond acceptors (Lipinski definition) is 4. The van der Waals surface area contributed by atoms with E-state index < -0.39 is 48.6 Å². The van der Waals surface area contributed by atoms with Gasteiger partial charge in [0.15, 0.2) is 0 Å². The van der Waals surface area contributed by atoms with Crippen LogP contribution in [0.2, 0.25) is 5.02 Å². The van der Waals surface area contributed by atoms with Gasteiger partial charge in [0.25, 0.3) is 0 Å². The summed E-state index contributed by atoms with van der Waals surface area (Å²) in [5.74, 6) is -13.7. The minimum Gasteiger partial charge on any atom is -0.405 e. The Morgan fingerprint density at radius 2 is 1.44 bits per heavy atom. The van der Waals surface area contributed by atoms with Crippen LogP contribution in [0, 0.1) is 29.1 Å². The third-order valence-corrected chi connectivity index (χ3v) is 4.84. The molecule has 0 heterocycles. The van der Waals surface area contributed by atoms with E-state index in [1.165, 1.54) is 31.2 Å². The fourth-order valence-corrected chi connectivity index (χ4v) is 3.40. The second-order valence-electron chi connectivity index (χ2n) is 5.09. The molecule has 0 aliphatic carbocycles. The number of aldehydes is 1. The minimum atomic E-state index is -4.82. The fraction of sp³-hybridized carbons (Fsp3) is 0.133. The molecule has 1 N–H and O–H groups in total. The first-order valence-electron chi connectivity index (χ1n) is 7.07. The second kappa shape index (κ2) is 8.24. The molecule has 0 aliphatic rings. The zero-order valence-corrected chi connectivity index (χ0v) is 15.0. The van der Waals surface area contributed by atoms with Gasteiger partial charge in [-0.3, -0.25) is 0 Å². The lowest BCUT2D eigenvalue weighted by Crippen LogP contribution is -2.29. The van der Waals surface area contributed by atoms with Gasteiger partial charge >= 0.3 is 7.75 Å². The Kier molecular flexibility index (Phi) is 6.46.